The van der Waals surface area contributed by atoms with Crippen molar-refractivity contribution in [3.63, 3.8) is 0 Å². The number of aryl methyl sites for hydroxylation is 1. The highest BCUT2D eigenvalue weighted by Crippen LogP contribution is 2.09. The average molecular weight is 272 g/mol. The lowest BCUT2D eigenvalue weighted by Crippen LogP contribution is -2.30. The van der Waals surface area contributed by atoms with Gasteiger partial charge in [0.05, 0.1) is 30.5 Å². The van der Waals surface area contributed by atoms with E-state index in [2.05, 4.69) is 4.98 Å². The largest absolute Gasteiger partial charge is 0.379 e. The minimum absolute atomic E-state index is 0.0443. The summed E-state index contributed by atoms with van der Waals surface area (Å²) in [4.78, 5) is 17.7. The van der Waals surface area contributed by atoms with Gasteiger partial charge in [-0.2, -0.15) is 0 Å². The number of carbonyl (C=O) groups is 1. The predicted molar refractivity (Wildman–Crippen MR) is 70.6 cm³/mol. The molecule has 18 heavy (non-hydrogen) atoms. The fourth-order valence-electron chi connectivity index (χ4n) is 1.34. The molecule has 1 aromatic heterocycles. The van der Waals surface area contributed by atoms with Crippen LogP contribution in [0.5, 0.6) is 0 Å². The lowest BCUT2D eigenvalue weighted by atomic mass is 10.4. The summed E-state index contributed by atoms with van der Waals surface area (Å²) in [6.45, 7) is 6.13. The summed E-state index contributed by atoms with van der Waals surface area (Å²) in [6.07, 6.45) is 0. The summed E-state index contributed by atoms with van der Waals surface area (Å²) in [5.74, 6) is -0.0443. The van der Waals surface area contributed by atoms with Crippen LogP contribution in [0.1, 0.15) is 17.6 Å². The van der Waals surface area contributed by atoms with Crippen molar-refractivity contribution in [2.24, 2.45) is 0 Å². The zero-order valence-corrected chi connectivity index (χ0v) is 12.0. The molecular weight excluding hydrogens is 252 g/mol. The van der Waals surface area contributed by atoms with Gasteiger partial charge in [0.15, 0.2) is 0 Å². The Hall–Kier alpha value is -0.980. The molecule has 1 aromatic rings. The lowest BCUT2D eigenvalue weighted by molar-refractivity contribution is -0.135. The molecule has 0 radical (unpaired) electrons. The summed E-state index contributed by atoms with van der Waals surface area (Å²) in [5, 5.41) is 2.98. The Balaban J connectivity index is 2.20. The second kappa shape index (κ2) is 8.18. The highest BCUT2D eigenvalue weighted by molar-refractivity contribution is 7.09. The van der Waals surface area contributed by atoms with Gasteiger partial charge in [0.25, 0.3) is 0 Å². The number of nitrogens with zero attached hydrogens (tertiary/aromatic N) is 2. The minimum atomic E-state index is -0.0443. The Morgan fingerprint density at radius 3 is 2.78 bits per heavy atom. The SMILES string of the molecule is CCOCCOCC(=O)N(C)Cc1csc(C)n1. The minimum Gasteiger partial charge on any atom is -0.379 e. The van der Waals surface area contributed by atoms with Gasteiger partial charge in [-0.3, -0.25) is 4.79 Å². The number of hydrogen-bond acceptors (Lipinski definition) is 5. The van der Waals surface area contributed by atoms with E-state index in [4.69, 9.17) is 9.47 Å². The predicted octanol–water partition coefficient (Wildman–Crippen LogP) is 1.46. The first-order valence-electron chi connectivity index (χ1n) is 5.94. The molecule has 0 unspecified atom stereocenters. The van der Waals surface area contributed by atoms with E-state index < -0.39 is 0 Å². The van der Waals surface area contributed by atoms with E-state index >= 15 is 0 Å². The number of thiazole rings is 1. The molecule has 102 valence electrons. The molecule has 0 atom stereocenters. The van der Waals surface area contributed by atoms with Crippen molar-refractivity contribution in [1.82, 2.24) is 9.88 Å². The van der Waals surface area contributed by atoms with E-state index in [0.29, 0.717) is 26.4 Å². The molecule has 5 nitrogen and oxygen atoms in total. The zero-order valence-electron chi connectivity index (χ0n) is 11.1. The van der Waals surface area contributed by atoms with E-state index in [1.807, 2.05) is 19.2 Å². The number of hydrogen-bond donors (Lipinski definition) is 0. The summed E-state index contributed by atoms with van der Waals surface area (Å²) >= 11 is 1.59. The zero-order chi connectivity index (χ0) is 13.4. The molecule has 1 amide bonds. The maximum atomic E-state index is 11.7. The number of carbonyl (C=O) groups excluding carboxylic acids is 1. The normalized spacial score (nSPS) is 10.6. The number of likely N-dealkylation sites (N-methyl/N-ethyl adjacent to an activating group) is 1. The quantitative estimate of drug-likeness (QED) is 0.672. The topological polar surface area (TPSA) is 51.7 Å². The Morgan fingerprint density at radius 1 is 1.44 bits per heavy atom. The summed E-state index contributed by atoms with van der Waals surface area (Å²) in [7, 11) is 1.75. The van der Waals surface area contributed by atoms with Crippen LogP contribution in [0.2, 0.25) is 0 Å². The fourth-order valence-corrected chi connectivity index (χ4v) is 1.95. The van der Waals surface area contributed by atoms with Crippen LogP contribution in [0.4, 0.5) is 0 Å². The highest BCUT2D eigenvalue weighted by Gasteiger charge is 2.10. The van der Waals surface area contributed by atoms with E-state index in [1.54, 1.807) is 23.3 Å². The first kappa shape index (κ1) is 15.1. The standard InChI is InChI=1S/C12H20N2O3S/c1-4-16-5-6-17-8-12(15)14(3)7-11-9-18-10(2)13-11/h9H,4-8H2,1-3H3. The Morgan fingerprint density at radius 2 is 2.17 bits per heavy atom. The van der Waals surface area contributed by atoms with Gasteiger partial charge in [0, 0.05) is 19.0 Å². The second-order valence-corrected chi connectivity index (χ2v) is 4.92. The van der Waals surface area contributed by atoms with E-state index in [1.165, 1.54) is 0 Å². The molecule has 0 aliphatic rings. The smallest absolute Gasteiger partial charge is 0.248 e. The van der Waals surface area contributed by atoms with E-state index in [-0.39, 0.29) is 12.5 Å². The third-order valence-corrected chi connectivity index (χ3v) is 3.12. The first-order valence-corrected chi connectivity index (χ1v) is 6.82. The Labute approximate surface area is 112 Å². The fraction of sp³-hybridized carbons (Fsp3) is 0.667. The number of amides is 1. The molecule has 0 aliphatic heterocycles. The summed E-state index contributed by atoms with van der Waals surface area (Å²) in [5.41, 5.74) is 0.919. The molecule has 6 heteroatoms. The van der Waals surface area contributed by atoms with Crippen LogP contribution in [0, 0.1) is 6.92 Å². The van der Waals surface area contributed by atoms with Crippen LogP contribution in [-0.2, 0) is 20.8 Å². The van der Waals surface area contributed by atoms with Crippen LogP contribution in [0.25, 0.3) is 0 Å². The third kappa shape index (κ3) is 5.57. The molecular formula is C12H20N2O3S. The van der Waals surface area contributed by atoms with Crippen LogP contribution < -0.4 is 0 Å². The molecule has 1 rings (SSSR count). The van der Waals surface area contributed by atoms with Crippen molar-refractivity contribution in [1.29, 1.82) is 0 Å². The third-order valence-electron chi connectivity index (χ3n) is 2.29. The average Bonchev–Trinajstić information content (AvgIpc) is 2.74. The molecule has 0 N–H and O–H groups in total. The van der Waals surface area contributed by atoms with Crippen molar-refractivity contribution in [2.45, 2.75) is 20.4 Å². The molecule has 0 fully saturated rings. The molecule has 0 bridgehead atoms. The summed E-state index contributed by atoms with van der Waals surface area (Å²) in [6, 6.07) is 0. The number of aromatic nitrogens is 1. The van der Waals surface area contributed by atoms with Crippen LogP contribution in [0.15, 0.2) is 5.38 Å². The Kier molecular flexibility index (Phi) is 6.85. The van der Waals surface area contributed by atoms with Gasteiger partial charge < -0.3 is 14.4 Å². The number of ether oxygens (including phenoxy) is 2. The monoisotopic (exact) mass is 272 g/mol. The van der Waals surface area contributed by atoms with Gasteiger partial charge in [-0.05, 0) is 13.8 Å². The Bertz CT molecular complexity index is 368. The molecule has 0 aliphatic carbocycles. The number of rotatable bonds is 8. The van der Waals surface area contributed by atoms with Gasteiger partial charge in [-0.25, -0.2) is 4.98 Å². The van der Waals surface area contributed by atoms with Crippen molar-refractivity contribution >= 4 is 17.2 Å². The maximum absolute atomic E-state index is 11.7. The molecule has 1 heterocycles. The van der Waals surface area contributed by atoms with Crippen LogP contribution in [0.3, 0.4) is 0 Å². The molecule has 0 saturated carbocycles. The van der Waals surface area contributed by atoms with Gasteiger partial charge in [-0.1, -0.05) is 0 Å². The van der Waals surface area contributed by atoms with Crippen molar-refractivity contribution in [3.8, 4) is 0 Å². The van der Waals surface area contributed by atoms with Gasteiger partial charge in [0.2, 0.25) is 5.91 Å². The van der Waals surface area contributed by atoms with Crippen molar-refractivity contribution < 1.29 is 14.3 Å². The molecule has 0 aromatic carbocycles. The van der Waals surface area contributed by atoms with E-state index in [9.17, 15) is 4.79 Å². The van der Waals surface area contributed by atoms with Crippen molar-refractivity contribution in [2.75, 3.05) is 33.5 Å². The van der Waals surface area contributed by atoms with Gasteiger partial charge in [0.1, 0.15) is 6.61 Å². The maximum Gasteiger partial charge on any atom is 0.248 e. The van der Waals surface area contributed by atoms with Gasteiger partial charge in [-0.15, -0.1) is 11.3 Å². The molecule has 0 spiro atoms. The molecule has 0 saturated heterocycles. The van der Waals surface area contributed by atoms with E-state index in [0.717, 1.165) is 10.7 Å². The van der Waals surface area contributed by atoms with Crippen molar-refractivity contribution in [3.05, 3.63) is 16.1 Å². The van der Waals surface area contributed by atoms with Crippen LogP contribution >= 0.6 is 11.3 Å². The highest BCUT2D eigenvalue weighted by atomic mass is 32.1. The summed E-state index contributed by atoms with van der Waals surface area (Å²) < 4.78 is 10.3. The van der Waals surface area contributed by atoms with Gasteiger partial charge >= 0.3 is 0 Å². The van der Waals surface area contributed by atoms with Crippen LogP contribution in [-0.4, -0.2) is 49.3 Å². The first-order chi connectivity index (χ1) is 8.63. The second-order valence-electron chi connectivity index (χ2n) is 3.86. The lowest BCUT2D eigenvalue weighted by Gasteiger charge is -2.15.